The number of carbonyl (C=O) groups excluding carboxylic acids is 3. The predicted molar refractivity (Wildman–Crippen MR) is 206 cm³/mol. The molecule has 0 radical (unpaired) electrons. The number of hydrogen-bond donors (Lipinski definition) is 2. The Balaban J connectivity index is 1.12. The number of para-hydroxylation sites is 3. The molecule has 8 rings (SSSR count). The summed E-state index contributed by atoms with van der Waals surface area (Å²) in [6, 6.07) is 27.4. The van der Waals surface area contributed by atoms with Gasteiger partial charge < -0.3 is 33.9 Å². The number of fused-ring (bicyclic) bond motifs is 4. The molecule has 4 aromatic rings. The lowest BCUT2D eigenvalue weighted by Crippen LogP contribution is -2.46. The minimum absolute atomic E-state index is 0.00611. The third-order valence-electron chi connectivity index (χ3n) is 11.7. The number of likely N-dealkylation sites (tertiary alicyclic amines) is 1. The highest BCUT2D eigenvalue weighted by Crippen LogP contribution is 2.60. The molecule has 1 spiro atoms. The molecule has 2 N–H and O–H groups in total. The van der Waals surface area contributed by atoms with E-state index in [-0.39, 0.29) is 43.3 Å². The molecule has 2 saturated heterocycles. The predicted octanol–water partition coefficient (Wildman–Crippen LogP) is 6.50. The molecule has 11 nitrogen and oxygen atoms in total. The van der Waals surface area contributed by atoms with Gasteiger partial charge in [0.2, 0.25) is 5.91 Å². The Morgan fingerprint density at radius 1 is 0.963 bits per heavy atom. The fraction of sp³-hybridized carbons (Fsp3) is 0.357. The Morgan fingerprint density at radius 2 is 1.69 bits per heavy atom. The van der Waals surface area contributed by atoms with Gasteiger partial charge in [0.25, 0.3) is 11.8 Å². The van der Waals surface area contributed by atoms with Crippen molar-refractivity contribution >= 4 is 43.1 Å². The third-order valence-corrected chi connectivity index (χ3v) is 14.2. The number of aliphatic hydroxyl groups excluding tert-OH is 1. The molecule has 0 bridgehead atoms. The van der Waals surface area contributed by atoms with Gasteiger partial charge in [0.05, 0.1) is 55.8 Å². The van der Waals surface area contributed by atoms with Crippen molar-refractivity contribution in [1.82, 2.24) is 4.90 Å². The fourth-order valence-electron chi connectivity index (χ4n) is 9.18. The van der Waals surface area contributed by atoms with Crippen LogP contribution < -0.4 is 19.3 Å². The van der Waals surface area contributed by atoms with Crippen LogP contribution in [0.3, 0.4) is 0 Å². The minimum atomic E-state index is -3.01. The number of nitrogens with zero attached hydrogens (tertiary/aromatic N) is 3. The quantitative estimate of drug-likeness (QED) is 0.196. The van der Waals surface area contributed by atoms with Crippen molar-refractivity contribution in [3.05, 3.63) is 108 Å². The van der Waals surface area contributed by atoms with E-state index in [4.69, 9.17) is 14.2 Å². The van der Waals surface area contributed by atoms with E-state index in [2.05, 4.69) is 0 Å². The summed E-state index contributed by atoms with van der Waals surface area (Å²) in [5.41, 5.74) is 1.97. The Morgan fingerprint density at radius 3 is 2.41 bits per heavy atom. The van der Waals surface area contributed by atoms with Crippen molar-refractivity contribution in [3.8, 4) is 17.2 Å². The van der Waals surface area contributed by atoms with Crippen LogP contribution in [0.15, 0.2) is 91.0 Å². The van der Waals surface area contributed by atoms with Gasteiger partial charge in [-0.1, -0.05) is 43.3 Å². The summed E-state index contributed by atoms with van der Waals surface area (Å²) >= 11 is 0. The zero-order valence-corrected chi connectivity index (χ0v) is 31.9. The highest BCUT2D eigenvalue weighted by molar-refractivity contribution is 6.71. The number of anilines is 3. The molecule has 5 atom stereocenters. The molecule has 0 unspecified atom stereocenters. The van der Waals surface area contributed by atoms with Gasteiger partial charge in [0.15, 0.2) is 19.7 Å². The molecule has 0 saturated carbocycles. The normalized spacial score (nSPS) is 24.7. The Labute approximate surface area is 315 Å². The van der Waals surface area contributed by atoms with Gasteiger partial charge in [-0.2, -0.15) is 0 Å². The molecule has 2 fully saturated rings. The van der Waals surface area contributed by atoms with Crippen molar-refractivity contribution in [1.29, 1.82) is 0 Å². The SMILES string of the molecule is COc1ccc2c(c1)[C@]1(O[C@@H](CC(=O)N3CCC[C@H]3CO)[C@H]([Si](C)(C)O)[C@H]1C)C(=O)N2Cc1ccc(N2C(=O)c3ccccc3Oc3ccccc32)cc1. The maximum Gasteiger partial charge on any atom is 0.266 e. The molecule has 4 aromatic carbocycles. The average molecular weight is 748 g/mol. The van der Waals surface area contributed by atoms with Crippen molar-refractivity contribution < 1.29 is 38.5 Å². The molecule has 12 heteroatoms. The van der Waals surface area contributed by atoms with Crippen LogP contribution in [-0.4, -0.2) is 73.2 Å². The van der Waals surface area contributed by atoms with Gasteiger partial charge in [-0.25, -0.2) is 0 Å². The average Bonchev–Trinajstić information content (AvgIpc) is 3.80. The maximum absolute atomic E-state index is 15.0. The van der Waals surface area contributed by atoms with E-state index >= 15 is 4.79 Å². The van der Waals surface area contributed by atoms with Crippen molar-refractivity contribution in [2.75, 3.05) is 30.1 Å². The third kappa shape index (κ3) is 5.79. The van der Waals surface area contributed by atoms with E-state index in [0.29, 0.717) is 52.0 Å². The monoisotopic (exact) mass is 747 g/mol. The minimum Gasteiger partial charge on any atom is -0.497 e. The summed E-state index contributed by atoms with van der Waals surface area (Å²) in [5, 5.41) is 9.92. The Hall–Kier alpha value is -5.01. The first-order valence-electron chi connectivity index (χ1n) is 18.6. The van der Waals surface area contributed by atoms with E-state index in [0.717, 1.165) is 18.4 Å². The molecule has 54 heavy (non-hydrogen) atoms. The van der Waals surface area contributed by atoms with Crippen LogP contribution in [0.25, 0.3) is 0 Å². The van der Waals surface area contributed by atoms with Gasteiger partial charge in [0, 0.05) is 29.3 Å². The lowest BCUT2D eigenvalue weighted by molar-refractivity contribution is -0.150. The first kappa shape index (κ1) is 36.0. The lowest BCUT2D eigenvalue weighted by atomic mass is 9.82. The number of aliphatic hydroxyl groups is 1. The van der Waals surface area contributed by atoms with Crippen LogP contribution in [0.2, 0.25) is 18.6 Å². The number of hydrogen-bond acceptors (Lipinski definition) is 8. The molecule has 280 valence electrons. The zero-order valence-electron chi connectivity index (χ0n) is 30.9. The molecule has 4 heterocycles. The van der Waals surface area contributed by atoms with E-state index in [1.807, 2.05) is 98.9 Å². The van der Waals surface area contributed by atoms with Crippen LogP contribution in [0.4, 0.5) is 17.1 Å². The second kappa shape index (κ2) is 13.7. The number of carbonyl (C=O) groups is 3. The summed E-state index contributed by atoms with van der Waals surface area (Å²) in [4.78, 5) is 59.5. The first-order valence-corrected chi connectivity index (χ1v) is 21.6. The standard InChI is InChI=1S/C42H45N3O8Si/c1-26-39(54(3,4)50)37(23-38(47)43-21-9-10-29(43)25-46)53-42(26)32-22-30(51-2)19-20-33(32)44(41(42)49)24-27-15-17-28(18-16-27)45-34-12-6-8-14-36(34)52-35-13-7-5-11-31(35)40(45)48/h5-8,11-20,22,26,29,37,39,46,50H,9-10,21,23-25H2,1-4H3/t26-,29+,37+,39-,42+/m1/s1. The molecular formula is C42H45N3O8Si. The smallest absolute Gasteiger partial charge is 0.266 e. The number of ether oxygens (including phenoxy) is 3. The van der Waals surface area contributed by atoms with Gasteiger partial charge >= 0.3 is 0 Å². The largest absolute Gasteiger partial charge is 0.497 e. The van der Waals surface area contributed by atoms with Crippen molar-refractivity contribution in [2.24, 2.45) is 5.92 Å². The van der Waals surface area contributed by atoms with Crippen LogP contribution in [-0.2, 0) is 26.5 Å². The summed E-state index contributed by atoms with van der Waals surface area (Å²) in [6.45, 7) is 6.30. The second-order valence-electron chi connectivity index (χ2n) is 15.3. The highest BCUT2D eigenvalue weighted by Gasteiger charge is 2.66. The molecule has 0 aliphatic carbocycles. The van der Waals surface area contributed by atoms with Crippen LogP contribution in [0, 0.1) is 5.92 Å². The van der Waals surface area contributed by atoms with Gasteiger partial charge in [-0.05, 0) is 86.1 Å². The first-order chi connectivity index (χ1) is 26.0. The summed E-state index contributed by atoms with van der Waals surface area (Å²) in [6.07, 6.45) is 0.859. The fourth-order valence-corrected chi connectivity index (χ4v) is 11.7. The molecule has 0 aromatic heterocycles. The number of benzene rings is 4. The summed E-state index contributed by atoms with van der Waals surface area (Å²) in [7, 11) is -1.44. The maximum atomic E-state index is 15.0. The summed E-state index contributed by atoms with van der Waals surface area (Å²) in [5.74, 6) is 0.532. The Kier molecular flexibility index (Phi) is 9.12. The van der Waals surface area contributed by atoms with Gasteiger partial charge in [-0.3, -0.25) is 19.3 Å². The van der Waals surface area contributed by atoms with Gasteiger partial charge in [0.1, 0.15) is 11.5 Å². The second-order valence-corrected chi connectivity index (χ2v) is 19.3. The lowest BCUT2D eigenvalue weighted by Gasteiger charge is -2.33. The van der Waals surface area contributed by atoms with Crippen molar-refractivity contribution in [2.45, 2.75) is 69.1 Å². The van der Waals surface area contributed by atoms with Crippen molar-refractivity contribution in [3.63, 3.8) is 0 Å². The van der Waals surface area contributed by atoms with Gasteiger partial charge in [-0.15, -0.1) is 0 Å². The van der Waals surface area contributed by atoms with E-state index in [1.54, 1.807) is 33.9 Å². The molecular weight excluding hydrogens is 703 g/mol. The molecule has 4 aliphatic heterocycles. The Bertz CT molecular complexity index is 2120. The highest BCUT2D eigenvalue weighted by atomic mass is 28.4. The van der Waals surface area contributed by atoms with Crippen LogP contribution in [0.1, 0.15) is 47.7 Å². The van der Waals surface area contributed by atoms with E-state index in [9.17, 15) is 19.5 Å². The number of rotatable bonds is 8. The summed E-state index contributed by atoms with van der Waals surface area (Å²) < 4.78 is 18.7. The number of methoxy groups -OCH3 is 1. The zero-order chi connectivity index (χ0) is 37.9. The topological polar surface area (TPSA) is 129 Å². The van der Waals surface area contributed by atoms with E-state index in [1.165, 1.54) is 0 Å². The molecule has 4 aliphatic rings. The van der Waals surface area contributed by atoms with Crippen LogP contribution >= 0.6 is 0 Å². The van der Waals surface area contributed by atoms with Crippen LogP contribution in [0.5, 0.6) is 17.2 Å². The molecule has 3 amide bonds. The van der Waals surface area contributed by atoms with E-state index < -0.39 is 31.5 Å². The number of amides is 3.